The van der Waals surface area contributed by atoms with Crippen molar-refractivity contribution < 1.29 is 35.9 Å². The lowest BCUT2D eigenvalue weighted by Crippen LogP contribution is -2.31. The van der Waals surface area contributed by atoms with Crippen LogP contribution >= 0.6 is 15.9 Å². The molecule has 2 aromatic rings. The van der Waals surface area contributed by atoms with Gasteiger partial charge >= 0.3 is 18.4 Å². The van der Waals surface area contributed by atoms with Gasteiger partial charge in [-0.25, -0.2) is 9.78 Å². The number of fused-ring (bicyclic) bond motifs is 1. The quantitative estimate of drug-likeness (QED) is 0.428. The van der Waals surface area contributed by atoms with Crippen LogP contribution in [0.5, 0.6) is 0 Å². The van der Waals surface area contributed by atoms with Crippen molar-refractivity contribution in [3.05, 3.63) is 57.2 Å². The summed E-state index contributed by atoms with van der Waals surface area (Å²) in [6.45, 7) is 0. The number of carbonyl (C=O) groups is 1. The molecule has 2 aliphatic heterocycles. The number of benzene rings is 1. The van der Waals surface area contributed by atoms with Gasteiger partial charge in [-0.15, -0.1) is 0 Å². The number of ether oxygens (including phenoxy) is 1. The molecule has 5 nitrogen and oxygen atoms in total. The van der Waals surface area contributed by atoms with E-state index in [1.165, 1.54) is 4.90 Å². The van der Waals surface area contributed by atoms with Crippen molar-refractivity contribution >= 4 is 27.8 Å². The lowest BCUT2D eigenvalue weighted by atomic mass is 9.96. The van der Waals surface area contributed by atoms with Crippen LogP contribution in [0, 0.1) is 0 Å². The summed E-state index contributed by atoms with van der Waals surface area (Å²) >= 11 is 3.42. The molecule has 2 aliphatic rings. The molecule has 2 fully saturated rings. The first kappa shape index (κ1) is 23.7. The smallest absolute Gasteiger partial charge is 0.416 e. The molecule has 33 heavy (non-hydrogen) atoms. The number of halogens is 7. The Morgan fingerprint density at radius 3 is 2.18 bits per heavy atom. The van der Waals surface area contributed by atoms with Gasteiger partial charge in [-0.3, -0.25) is 4.90 Å². The molecule has 3 atom stereocenters. The molecule has 178 valence electrons. The van der Waals surface area contributed by atoms with Crippen molar-refractivity contribution in [1.29, 1.82) is 0 Å². The van der Waals surface area contributed by atoms with Gasteiger partial charge < -0.3 is 9.64 Å². The van der Waals surface area contributed by atoms with Crippen molar-refractivity contribution in [1.82, 2.24) is 9.88 Å². The summed E-state index contributed by atoms with van der Waals surface area (Å²) in [4.78, 5) is 20.2. The first-order chi connectivity index (χ1) is 15.3. The molecule has 0 aliphatic carbocycles. The summed E-state index contributed by atoms with van der Waals surface area (Å²) in [5.41, 5.74) is -2.48. The van der Waals surface area contributed by atoms with Gasteiger partial charge in [0.2, 0.25) is 0 Å². The minimum Gasteiger partial charge on any atom is -0.439 e. The van der Waals surface area contributed by atoms with Crippen LogP contribution in [0.3, 0.4) is 0 Å². The highest BCUT2D eigenvalue weighted by molar-refractivity contribution is 9.10. The summed E-state index contributed by atoms with van der Waals surface area (Å²) in [7, 11) is 3.59. The van der Waals surface area contributed by atoms with Crippen LogP contribution in [0.15, 0.2) is 34.9 Å². The van der Waals surface area contributed by atoms with Gasteiger partial charge in [-0.2, -0.15) is 26.3 Å². The molecule has 2 saturated heterocycles. The van der Waals surface area contributed by atoms with E-state index in [4.69, 9.17) is 4.74 Å². The first-order valence-corrected chi connectivity index (χ1v) is 10.7. The van der Waals surface area contributed by atoms with Crippen LogP contribution in [0.1, 0.15) is 47.2 Å². The predicted octanol–water partition coefficient (Wildman–Crippen LogP) is 6.34. The van der Waals surface area contributed by atoms with E-state index in [1.807, 2.05) is 0 Å². The largest absolute Gasteiger partial charge is 0.439 e. The van der Waals surface area contributed by atoms with Crippen LogP contribution in [0.4, 0.5) is 37.0 Å². The van der Waals surface area contributed by atoms with Crippen molar-refractivity contribution in [2.75, 3.05) is 19.0 Å². The fraction of sp³-hybridized carbons (Fsp3) is 0.429. The van der Waals surface area contributed by atoms with Crippen molar-refractivity contribution in [3.8, 4) is 0 Å². The molecule has 0 saturated carbocycles. The van der Waals surface area contributed by atoms with Gasteiger partial charge in [0.05, 0.1) is 23.2 Å². The van der Waals surface area contributed by atoms with E-state index in [1.54, 1.807) is 31.3 Å². The third kappa shape index (κ3) is 4.36. The van der Waals surface area contributed by atoms with Crippen molar-refractivity contribution in [2.45, 2.75) is 43.4 Å². The molecule has 1 amide bonds. The Bertz CT molecular complexity index is 1060. The predicted molar refractivity (Wildman–Crippen MR) is 110 cm³/mol. The second-order valence-electron chi connectivity index (χ2n) is 8.17. The number of nitrogens with zero attached hydrogens (tertiary/aromatic N) is 3. The first-order valence-electron chi connectivity index (χ1n) is 9.88. The van der Waals surface area contributed by atoms with E-state index in [9.17, 15) is 31.1 Å². The van der Waals surface area contributed by atoms with E-state index in [-0.39, 0.29) is 11.6 Å². The Morgan fingerprint density at radius 2 is 1.64 bits per heavy atom. The van der Waals surface area contributed by atoms with E-state index in [0.29, 0.717) is 35.3 Å². The zero-order valence-corrected chi connectivity index (χ0v) is 18.9. The number of amides is 1. The zero-order valence-electron chi connectivity index (χ0n) is 17.3. The molecule has 0 N–H and O–H groups in total. The number of carbonyl (C=O) groups excluding carboxylic acids is 1. The lowest BCUT2D eigenvalue weighted by molar-refractivity contribution is -0.143. The topological polar surface area (TPSA) is 45.7 Å². The second-order valence-corrected chi connectivity index (χ2v) is 9.02. The van der Waals surface area contributed by atoms with Gasteiger partial charge in [-0.1, -0.05) is 0 Å². The molecular formula is C21H18BrF6N3O2. The maximum Gasteiger partial charge on any atom is 0.416 e. The Balaban J connectivity index is 1.72. The number of hydrogen-bond donors (Lipinski definition) is 0. The van der Waals surface area contributed by atoms with Crippen molar-refractivity contribution in [2.24, 2.45) is 0 Å². The number of alkyl halides is 6. The van der Waals surface area contributed by atoms with Gasteiger partial charge in [0, 0.05) is 24.8 Å². The summed E-state index contributed by atoms with van der Waals surface area (Å²) in [6.07, 6.45) is -9.60. The van der Waals surface area contributed by atoms with Crippen molar-refractivity contribution in [3.63, 3.8) is 0 Å². The Morgan fingerprint density at radius 1 is 1.03 bits per heavy atom. The molecular weight excluding hydrogens is 520 g/mol. The number of aromatic nitrogens is 1. The highest BCUT2D eigenvalue weighted by atomic mass is 79.9. The second kappa shape index (κ2) is 8.07. The number of anilines is 1. The summed E-state index contributed by atoms with van der Waals surface area (Å²) in [5.74, 6) is 0.633. The van der Waals surface area contributed by atoms with E-state index < -0.39 is 47.8 Å². The molecule has 1 aromatic carbocycles. The van der Waals surface area contributed by atoms with Crippen LogP contribution in [-0.4, -0.2) is 36.1 Å². The number of hydrogen-bond acceptors (Lipinski definition) is 4. The standard InChI is InChI=1S/C21H18BrF6N3O2/c1-30(2)17-8-13(14(22)9-29-17)15-3-4-16-18(33-19(32)31(15)16)10-5-11(20(23,24)25)7-12(6-10)21(26,27)28/h5-9,15-16,18H,3-4H2,1-2H3/t15?,16-,18+/m0/s1. The number of pyridine rings is 1. The summed E-state index contributed by atoms with van der Waals surface area (Å²) in [6, 6.07) is 1.93. The fourth-order valence-corrected chi connectivity index (χ4v) is 4.81. The zero-order chi connectivity index (χ0) is 24.3. The average Bonchev–Trinajstić information content (AvgIpc) is 3.28. The molecule has 0 radical (unpaired) electrons. The lowest BCUT2D eigenvalue weighted by Gasteiger charge is -2.24. The van der Waals surface area contributed by atoms with Crippen LogP contribution in [0.2, 0.25) is 0 Å². The van der Waals surface area contributed by atoms with Gasteiger partial charge in [0.15, 0.2) is 0 Å². The summed E-state index contributed by atoms with van der Waals surface area (Å²) in [5, 5.41) is 0. The summed E-state index contributed by atoms with van der Waals surface area (Å²) < 4.78 is 85.8. The Hall–Kier alpha value is -2.50. The van der Waals surface area contributed by atoms with Crippen LogP contribution in [0.25, 0.3) is 0 Å². The van der Waals surface area contributed by atoms with Gasteiger partial charge in [0.25, 0.3) is 0 Å². The maximum atomic E-state index is 13.3. The molecule has 3 heterocycles. The molecule has 0 spiro atoms. The molecule has 0 bridgehead atoms. The van der Waals surface area contributed by atoms with E-state index in [2.05, 4.69) is 20.9 Å². The average molecular weight is 538 g/mol. The van der Waals surface area contributed by atoms with Gasteiger partial charge in [-0.05, 0) is 64.2 Å². The monoisotopic (exact) mass is 537 g/mol. The van der Waals surface area contributed by atoms with E-state index >= 15 is 0 Å². The highest BCUT2D eigenvalue weighted by Gasteiger charge is 2.51. The number of cyclic esters (lactones) is 1. The maximum absolute atomic E-state index is 13.3. The molecule has 1 aromatic heterocycles. The SMILES string of the molecule is CN(C)c1cc(C2CC[C@H]3[C@@H](c4cc(C(F)(F)F)cc(C(F)(F)F)c4)OC(=O)N23)c(Br)cn1. The normalized spacial score (nSPS) is 23.0. The Kier molecular flexibility index (Phi) is 5.78. The molecule has 4 rings (SSSR count). The third-order valence-electron chi connectivity index (χ3n) is 5.84. The third-order valence-corrected chi connectivity index (χ3v) is 6.51. The van der Waals surface area contributed by atoms with E-state index in [0.717, 1.165) is 5.56 Å². The van der Waals surface area contributed by atoms with Crippen LogP contribution in [-0.2, 0) is 17.1 Å². The minimum atomic E-state index is -4.99. The van der Waals surface area contributed by atoms with Gasteiger partial charge in [0.1, 0.15) is 11.9 Å². The van der Waals surface area contributed by atoms with Crippen LogP contribution < -0.4 is 4.90 Å². The molecule has 12 heteroatoms. The highest BCUT2D eigenvalue weighted by Crippen LogP contribution is 2.50. The minimum absolute atomic E-state index is 0.0619. The number of rotatable bonds is 3. The molecule has 1 unspecified atom stereocenters. The fourth-order valence-electron chi connectivity index (χ4n) is 4.33. The Labute approximate surface area is 193 Å².